The summed E-state index contributed by atoms with van der Waals surface area (Å²) in [5, 5.41) is 11.2. The number of carbonyl (C=O) groups excluding carboxylic acids is 1. The van der Waals surface area contributed by atoms with Crippen LogP contribution in [0, 0.1) is 11.3 Å². The smallest absolute Gasteiger partial charge is 0.234 e. The number of nitrogens with one attached hydrogen (secondary N) is 1. The molecular weight excluding hydrogens is 288 g/mol. The molecule has 0 fully saturated rings. The molecule has 4 nitrogen and oxygen atoms in total. The van der Waals surface area contributed by atoms with Gasteiger partial charge in [-0.05, 0) is 23.6 Å². The highest BCUT2D eigenvalue weighted by atomic mass is 16.5. The maximum absolute atomic E-state index is 11.3. The first kappa shape index (κ1) is 16.6. The quantitative estimate of drug-likeness (QED) is 0.815. The summed E-state index contributed by atoms with van der Waals surface area (Å²) in [5.41, 5.74) is 2.30. The highest BCUT2D eigenvalue weighted by molar-refractivity contribution is 5.77. The molecule has 0 radical (unpaired) electrons. The molecule has 0 spiro atoms. The molecule has 1 N–H and O–H groups in total. The van der Waals surface area contributed by atoms with Crippen molar-refractivity contribution in [2.45, 2.75) is 19.3 Å². The Morgan fingerprint density at radius 2 is 1.78 bits per heavy atom. The van der Waals surface area contributed by atoms with E-state index in [1.165, 1.54) is 5.56 Å². The summed E-state index contributed by atoms with van der Waals surface area (Å²) in [7, 11) is 0. The van der Waals surface area contributed by atoms with Crippen LogP contribution in [-0.2, 0) is 17.6 Å². The summed E-state index contributed by atoms with van der Waals surface area (Å²) in [5.74, 6) is 0.605. The number of ether oxygens (including phenoxy) is 1. The second-order valence-electron chi connectivity index (χ2n) is 5.13. The van der Waals surface area contributed by atoms with Gasteiger partial charge in [-0.15, -0.1) is 0 Å². The SMILES string of the molecule is N#CCC(=O)NCCc1ccccc1OCCc1ccccc1. The fourth-order valence-electron chi connectivity index (χ4n) is 2.25. The molecule has 0 saturated carbocycles. The predicted molar refractivity (Wildman–Crippen MR) is 89.0 cm³/mol. The average Bonchev–Trinajstić information content (AvgIpc) is 2.57. The Morgan fingerprint density at radius 3 is 2.57 bits per heavy atom. The fourth-order valence-corrected chi connectivity index (χ4v) is 2.25. The molecule has 2 aromatic rings. The van der Waals surface area contributed by atoms with Crippen molar-refractivity contribution in [3.63, 3.8) is 0 Å². The van der Waals surface area contributed by atoms with E-state index in [1.807, 2.05) is 48.5 Å². The number of amides is 1. The topological polar surface area (TPSA) is 62.1 Å². The van der Waals surface area contributed by atoms with Crippen molar-refractivity contribution in [1.82, 2.24) is 5.32 Å². The monoisotopic (exact) mass is 308 g/mol. The van der Waals surface area contributed by atoms with Crippen LogP contribution in [0.2, 0.25) is 0 Å². The fraction of sp³-hybridized carbons (Fsp3) is 0.263. The van der Waals surface area contributed by atoms with E-state index in [-0.39, 0.29) is 12.3 Å². The van der Waals surface area contributed by atoms with Gasteiger partial charge in [0, 0.05) is 13.0 Å². The van der Waals surface area contributed by atoms with Crippen molar-refractivity contribution >= 4 is 5.91 Å². The standard InChI is InChI=1S/C19H20N2O2/c20-13-10-19(22)21-14-11-17-8-4-5-9-18(17)23-15-12-16-6-2-1-3-7-16/h1-9H,10-12,14-15H2,(H,21,22). The molecule has 0 aliphatic rings. The molecule has 0 atom stereocenters. The maximum Gasteiger partial charge on any atom is 0.234 e. The molecule has 0 aromatic heterocycles. The molecule has 0 aliphatic heterocycles. The first-order valence-corrected chi connectivity index (χ1v) is 7.68. The van der Waals surface area contributed by atoms with Crippen molar-refractivity contribution in [3.8, 4) is 11.8 Å². The zero-order valence-electron chi connectivity index (χ0n) is 13.0. The van der Waals surface area contributed by atoms with E-state index < -0.39 is 0 Å². The molecule has 0 bridgehead atoms. The Bertz CT molecular complexity index is 663. The molecule has 0 saturated heterocycles. The number of hydrogen-bond acceptors (Lipinski definition) is 3. The Balaban J connectivity index is 1.82. The van der Waals surface area contributed by atoms with Gasteiger partial charge >= 0.3 is 0 Å². The van der Waals surface area contributed by atoms with Crippen LogP contribution in [-0.4, -0.2) is 19.1 Å². The van der Waals surface area contributed by atoms with E-state index in [4.69, 9.17) is 10.00 Å². The molecular formula is C19H20N2O2. The van der Waals surface area contributed by atoms with Gasteiger partial charge in [-0.3, -0.25) is 4.79 Å². The lowest BCUT2D eigenvalue weighted by molar-refractivity contribution is -0.120. The first-order chi connectivity index (χ1) is 11.3. The lowest BCUT2D eigenvalue weighted by atomic mass is 10.1. The number of carbonyl (C=O) groups is 1. The summed E-state index contributed by atoms with van der Waals surface area (Å²) in [6.45, 7) is 1.11. The maximum atomic E-state index is 11.3. The zero-order chi connectivity index (χ0) is 16.3. The summed E-state index contributed by atoms with van der Waals surface area (Å²) in [6, 6.07) is 19.9. The highest BCUT2D eigenvalue weighted by Gasteiger charge is 2.05. The van der Waals surface area contributed by atoms with Crippen molar-refractivity contribution in [2.75, 3.05) is 13.2 Å². The number of benzene rings is 2. The Kier molecular flexibility index (Phi) is 6.67. The van der Waals surface area contributed by atoms with Gasteiger partial charge in [-0.2, -0.15) is 5.26 Å². The van der Waals surface area contributed by atoms with Gasteiger partial charge in [0.2, 0.25) is 5.91 Å². The normalized spacial score (nSPS) is 9.87. The molecule has 2 rings (SSSR count). The minimum Gasteiger partial charge on any atom is -0.493 e. The summed E-state index contributed by atoms with van der Waals surface area (Å²) >= 11 is 0. The van der Waals surface area contributed by atoms with Gasteiger partial charge in [-0.25, -0.2) is 0 Å². The third kappa shape index (κ3) is 5.84. The average molecular weight is 308 g/mol. The predicted octanol–water partition coefficient (Wildman–Crippen LogP) is 2.88. The van der Waals surface area contributed by atoms with E-state index in [0.717, 1.165) is 17.7 Å². The largest absolute Gasteiger partial charge is 0.493 e. The number of rotatable bonds is 8. The summed E-state index contributed by atoms with van der Waals surface area (Å²) in [6.07, 6.45) is 1.43. The second-order valence-corrected chi connectivity index (χ2v) is 5.13. The van der Waals surface area contributed by atoms with Gasteiger partial charge in [0.05, 0.1) is 12.7 Å². The molecule has 118 valence electrons. The van der Waals surface area contributed by atoms with Gasteiger partial charge in [0.25, 0.3) is 0 Å². The van der Waals surface area contributed by atoms with Crippen LogP contribution in [0.1, 0.15) is 17.5 Å². The third-order valence-corrected chi connectivity index (χ3v) is 3.42. The molecule has 23 heavy (non-hydrogen) atoms. The van der Waals surface area contributed by atoms with Crippen molar-refractivity contribution in [3.05, 3.63) is 65.7 Å². The van der Waals surface area contributed by atoms with Crippen LogP contribution in [0.15, 0.2) is 54.6 Å². The van der Waals surface area contributed by atoms with Crippen molar-refractivity contribution < 1.29 is 9.53 Å². The number of hydrogen-bond donors (Lipinski definition) is 1. The van der Waals surface area contributed by atoms with E-state index in [2.05, 4.69) is 17.4 Å². The third-order valence-electron chi connectivity index (χ3n) is 3.42. The molecule has 4 heteroatoms. The van der Waals surface area contributed by atoms with Crippen molar-refractivity contribution in [1.29, 1.82) is 5.26 Å². The lowest BCUT2D eigenvalue weighted by Gasteiger charge is -2.12. The molecule has 2 aromatic carbocycles. The summed E-state index contributed by atoms with van der Waals surface area (Å²) in [4.78, 5) is 11.3. The van der Waals surface area contributed by atoms with E-state index in [1.54, 1.807) is 0 Å². The Morgan fingerprint density at radius 1 is 1.04 bits per heavy atom. The van der Waals surface area contributed by atoms with Gasteiger partial charge < -0.3 is 10.1 Å². The van der Waals surface area contributed by atoms with Crippen molar-refractivity contribution in [2.24, 2.45) is 0 Å². The first-order valence-electron chi connectivity index (χ1n) is 7.68. The van der Waals surface area contributed by atoms with Crippen LogP contribution < -0.4 is 10.1 Å². The number of nitriles is 1. The van der Waals surface area contributed by atoms with E-state index in [0.29, 0.717) is 19.6 Å². The highest BCUT2D eigenvalue weighted by Crippen LogP contribution is 2.18. The van der Waals surface area contributed by atoms with E-state index in [9.17, 15) is 4.79 Å². The Labute approximate surface area is 136 Å². The lowest BCUT2D eigenvalue weighted by Crippen LogP contribution is -2.25. The molecule has 0 aliphatic carbocycles. The number of para-hydroxylation sites is 1. The van der Waals surface area contributed by atoms with Crippen LogP contribution >= 0.6 is 0 Å². The van der Waals surface area contributed by atoms with E-state index >= 15 is 0 Å². The number of nitrogens with zero attached hydrogens (tertiary/aromatic N) is 1. The minimum atomic E-state index is -0.241. The minimum absolute atomic E-state index is 0.102. The Hall–Kier alpha value is -2.80. The zero-order valence-corrected chi connectivity index (χ0v) is 13.0. The van der Waals surface area contributed by atoms with Gasteiger partial charge in [0.1, 0.15) is 12.2 Å². The summed E-state index contributed by atoms with van der Waals surface area (Å²) < 4.78 is 5.88. The molecule has 1 amide bonds. The van der Waals surface area contributed by atoms with Crippen LogP contribution in [0.3, 0.4) is 0 Å². The molecule has 0 heterocycles. The van der Waals surface area contributed by atoms with Crippen LogP contribution in [0.25, 0.3) is 0 Å². The van der Waals surface area contributed by atoms with Crippen LogP contribution in [0.4, 0.5) is 0 Å². The van der Waals surface area contributed by atoms with Gasteiger partial charge in [0.15, 0.2) is 0 Å². The van der Waals surface area contributed by atoms with Gasteiger partial charge in [-0.1, -0.05) is 48.5 Å². The van der Waals surface area contributed by atoms with Crippen LogP contribution in [0.5, 0.6) is 5.75 Å². The second kappa shape index (κ2) is 9.26. The molecule has 0 unspecified atom stereocenters.